The maximum atomic E-state index is 12.6. The maximum Gasteiger partial charge on any atom is 0.416 e. The van der Waals surface area contributed by atoms with Gasteiger partial charge in [0.2, 0.25) is 5.91 Å². The molecule has 122 valence electrons. The number of carbonyl (C=O) groups is 1. The molecule has 22 heavy (non-hydrogen) atoms. The molecule has 2 N–H and O–H groups in total. The fraction of sp³-hybridized carbons (Fsp3) is 0.562. The van der Waals surface area contributed by atoms with E-state index in [1.807, 2.05) is 0 Å². The van der Waals surface area contributed by atoms with Crippen molar-refractivity contribution in [2.24, 2.45) is 11.7 Å². The molecule has 6 heteroatoms. The minimum absolute atomic E-state index is 0.0212. The van der Waals surface area contributed by atoms with Crippen LogP contribution < -0.4 is 5.73 Å². The van der Waals surface area contributed by atoms with Crippen LogP contribution in [0.1, 0.15) is 43.4 Å². The van der Waals surface area contributed by atoms with Crippen LogP contribution in [0.15, 0.2) is 24.3 Å². The van der Waals surface area contributed by atoms with Crippen LogP contribution in [0.4, 0.5) is 13.2 Å². The van der Waals surface area contributed by atoms with Gasteiger partial charge in [0.15, 0.2) is 0 Å². The fourth-order valence-electron chi connectivity index (χ4n) is 2.82. The van der Waals surface area contributed by atoms with E-state index in [9.17, 15) is 18.0 Å². The lowest BCUT2D eigenvalue weighted by Crippen LogP contribution is -2.43. The molecule has 1 aliphatic heterocycles. The third-order valence-electron chi connectivity index (χ3n) is 4.18. The maximum absolute atomic E-state index is 12.6. The highest BCUT2D eigenvalue weighted by Crippen LogP contribution is 2.34. The van der Waals surface area contributed by atoms with Gasteiger partial charge in [-0.15, -0.1) is 0 Å². The van der Waals surface area contributed by atoms with Crippen molar-refractivity contribution in [3.05, 3.63) is 35.4 Å². The number of amides is 1. The molecule has 1 amide bonds. The van der Waals surface area contributed by atoms with Gasteiger partial charge in [0.25, 0.3) is 0 Å². The van der Waals surface area contributed by atoms with Crippen LogP contribution in [-0.2, 0) is 11.0 Å². The molecule has 1 aromatic rings. The Balaban J connectivity index is 2.22. The fourth-order valence-corrected chi connectivity index (χ4v) is 2.82. The first-order valence-electron chi connectivity index (χ1n) is 7.52. The van der Waals surface area contributed by atoms with Gasteiger partial charge >= 0.3 is 6.18 Å². The first kappa shape index (κ1) is 16.8. The summed E-state index contributed by atoms with van der Waals surface area (Å²) in [6, 6.07) is 4.97. The molecule has 0 radical (unpaired) electrons. The first-order valence-corrected chi connectivity index (χ1v) is 7.52. The average Bonchev–Trinajstić information content (AvgIpc) is 2.52. The van der Waals surface area contributed by atoms with Gasteiger partial charge in [-0.25, -0.2) is 0 Å². The average molecular weight is 314 g/mol. The van der Waals surface area contributed by atoms with Crippen molar-refractivity contribution in [3.8, 4) is 0 Å². The number of hydrogen-bond donors (Lipinski definition) is 1. The van der Waals surface area contributed by atoms with Crippen LogP contribution >= 0.6 is 0 Å². The van der Waals surface area contributed by atoms with Crippen molar-refractivity contribution in [1.82, 2.24) is 4.90 Å². The zero-order valence-corrected chi connectivity index (χ0v) is 12.6. The van der Waals surface area contributed by atoms with Crippen molar-refractivity contribution in [1.29, 1.82) is 0 Å². The van der Waals surface area contributed by atoms with Gasteiger partial charge in [-0.2, -0.15) is 13.2 Å². The summed E-state index contributed by atoms with van der Waals surface area (Å²) in [6.45, 7) is 2.69. The van der Waals surface area contributed by atoms with Gasteiger partial charge in [0.1, 0.15) is 0 Å². The van der Waals surface area contributed by atoms with E-state index in [0.717, 1.165) is 37.0 Å². The summed E-state index contributed by atoms with van der Waals surface area (Å²) in [7, 11) is 0. The second-order valence-corrected chi connectivity index (χ2v) is 5.80. The number of carbonyl (C=O) groups excluding carboxylic acids is 1. The minimum atomic E-state index is -4.34. The molecule has 1 saturated heterocycles. The summed E-state index contributed by atoms with van der Waals surface area (Å²) in [4.78, 5) is 14.2. The molecule has 0 saturated carbocycles. The lowest BCUT2D eigenvalue weighted by molar-refractivity contribution is -0.139. The SMILES string of the molecule is CC(CN)C(=O)N1CCCCC1c1ccc(C(F)(F)F)cc1. The Labute approximate surface area is 128 Å². The van der Waals surface area contributed by atoms with Gasteiger partial charge < -0.3 is 10.6 Å². The van der Waals surface area contributed by atoms with Crippen LogP contribution in [0, 0.1) is 5.92 Å². The van der Waals surface area contributed by atoms with E-state index in [1.54, 1.807) is 11.8 Å². The van der Waals surface area contributed by atoms with E-state index in [1.165, 1.54) is 12.1 Å². The van der Waals surface area contributed by atoms with Gasteiger partial charge in [-0.3, -0.25) is 4.79 Å². The standard InChI is InChI=1S/C16H21F3N2O/c1-11(10-20)15(22)21-9-3-2-4-14(21)12-5-7-13(8-6-12)16(17,18)19/h5-8,11,14H,2-4,9-10,20H2,1H3. The molecular weight excluding hydrogens is 293 g/mol. The summed E-state index contributed by atoms with van der Waals surface area (Å²) in [5, 5.41) is 0. The lowest BCUT2D eigenvalue weighted by atomic mass is 9.93. The van der Waals surface area contributed by atoms with Crippen molar-refractivity contribution < 1.29 is 18.0 Å². The third-order valence-corrected chi connectivity index (χ3v) is 4.18. The van der Waals surface area contributed by atoms with E-state index < -0.39 is 11.7 Å². The number of halogens is 3. The molecule has 2 unspecified atom stereocenters. The van der Waals surface area contributed by atoms with E-state index in [-0.39, 0.29) is 24.4 Å². The minimum Gasteiger partial charge on any atom is -0.335 e. The van der Waals surface area contributed by atoms with Gasteiger partial charge in [-0.05, 0) is 37.0 Å². The van der Waals surface area contributed by atoms with E-state index in [2.05, 4.69) is 0 Å². The molecule has 0 bridgehead atoms. The lowest BCUT2D eigenvalue weighted by Gasteiger charge is -2.37. The molecule has 1 aromatic carbocycles. The zero-order valence-electron chi connectivity index (χ0n) is 12.6. The highest BCUT2D eigenvalue weighted by molar-refractivity contribution is 5.79. The number of hydrogen-bond acceptors (Lipinski definition) is 2. The molecule has 2 rings (SSSR count). The Morgan fingerprint density at radius 2 is 1.95 bits per heavy atom. The number of benzene rings is 1. The monoisotopic (exact) mass is 314 g/mol. The van der Waals surface area contributed by atoms with Gasteiger partial charge in [0, 0.05) is 19.0 Å². The second-order valence-electron chi connectivity index (χ2n) is 5.80. The third kappa shape index (κ3) is 3.61. The molecule has 1 fully saturated rings. The first-order chi connectivity index (χ1) is 10.3. The summed E-state index contributed by atoms with van der Waals surface area (Å²) < 4.78 is 37.9. The predicted octanol–water partition coefficient (Wildman–Crippen LogP) is 3.35. The normalized spacial score (nSPS) is 20.8. The highest BCUT2D eigenvalue weighted by atomic mass is 19.4. The Morgan fingerprint density at radius 1 is 1.32 bits per heavy atom. The summed E-state index contributed by atoms with van der Waals surface area (Å²) in [6.07, 6.45) is -1.68. The Kier molecular flexibility index (Phi) is 5.11. The summed E-state index contributed by atoms with van der Waals surface area (Å²) in [5.41, 5.74) is 5.65. The number of likely N-dealkylation sites (tertiary alicyclic amines) is 1. The van der Waals surface area contributed by atoms with Crippen molar-refractivity contribution >= 4 is 5.91 Å². The van der Waals surface area contributed by atoms with Crippen molar-refractivity contribution in [2.45, 2.75) is 38.4 Å². The molecule has 3 nitrogen and oxygen atoms in total. The number of rotatable bonds is 3. The molecule has 0 aromatic heterocycles. The topological polar surface area (TPSA) is 46.3 Å². The molecule has 1 aliphatic rings. The Morgan fingerprint density at radius 3 is 2.50 bits per heavy atom. The van der Waals surface area contributed by atoms with Crippen LogP contribution in [0.5, 0.6) is 0 Å². The van der Waals surface area contributed by atoms with E-state index in [0.29, 0.717) is 6.54 Å². The van der Waals surface area contributed by atoms with Crippen LogP contribution in [-0.4, -0.2) is 23.9 Å². The number of piperidine rings is 1. The Hall–Kier alpha value is -1.56. The number of nitrogens with zero attached hydrogens (tertiary/aromatic N) is 1. The Bertz CT molecular complexity index is 513. The molecule has 2 atom stereocenters. The number of alkyl halides is 3. The van der Waals surface area contributed by atoms with Crippen molar-refractivity contribution in [3.63, 3.8) is 0 Å². The smallest absolute Gasteiger partial charge is 0.335 e. The van der Waals surface area contributed by atoms with E-state index in [4.69, 9.17) is 5.73 Å². The highest BCUT2D eigenvalue weighted by Gasteiger charge is 2.32. The van der Waals surface area contributed by atoms with Crippen LogP contribution in [0.3, 0.4) is 0 Å². The van der Waals surface area contributed by atoms with Gasteiger partial charge in [-0.1, -0.05) is 19.1 Å². The second kappa shape index (κ2) is 6.69. The van der Waals surface area contributed by atoms with Crippen LogP contribution in [0.2, 0.25) is 0 Å². The van der Waals surface area contributed by atoms with Crippen molar-refractivity contribution in [2.75, 3.05) is 13.1 Å². The molecule has 1 heterocycles. The molecular formula is C16H21F3N2O. The quantitative estimate of drug-likeness (QED) is 0.930. The zero-order chi connectivity index (χ0) is 16.3. The largest absolute Gasteiger partial charge is 0.416 e. The van der Waals surface area contributed by atoms with Gasteiger partial charge in [0.05, 0.1) is 11.6 Å². The molecule has 0 aliphatic carbocycles. The summed E-state index contributed by atoms with van der Waals surface area (Å²) in [5.74, 6) is -0.290. The number of nitrogens with two attached hydrogens (primary N) is 1. The predicted molar refractivity (Wildman–Crippen MR) is 78.0 cm³/mol. The van der Waals surface area contributed by atoms with Crippen LogP contribution in [0.25, 0.3) is 0 Å². The molecule has 0 spiro atoms. The van der Waals surface area contributed by atoms with E-state index >= 15 is 0 Å². The summed E-state index contributed by atoms with van der Waals surface area (Å²) >= 11 is 0.